The van der Waals surface area contributed by atoms with Crippen molar-refractivity contribution in [3.05, 3.63) is 16.1 Å². The van der Waals surface area contributed by atoms with Crippen LogP contribution in [0.4, 0.5) is 0 Å². The zero-order chi connectivity index (χ0) is 11.6. The largest absolute Gasteiger partial charge is 0.325 e. The third-order valence-corrected chi connectivity index (χ3v) is 5.01. The van der Waals surface area contributed by atoms with E-state index in [-0.39, 0.29) is 5.54 Å². The summed E-state index contributed by atoms with van der Waals surface area (Å²) in [5.41, 5.74) is 9.72. The summed E-state index contributed by atoms with van der Waals surface area (Å²) in [6, 6.07) is 0. The van der Waals surface area contributed by atoms with Gasteiger partial charge in [0.05, 0.1) is 11.2 Å². The quantitative estimate of drug-likeness (QED) is 0.874. The smallest absolute Gasteiger partial charge is 0.0797 e. The number of rotatable bonds is 4. The van der Waals surface area contributed by atoms with Gasteiger partial charge in [0.2, 0.25) is 0 Å². The predicted molar refractivity (Wildman–Crippen MR) is 69.7 cm³/mol. The summed E-state index contributed by atoms with van der Waals surface area (Å²) in [5, 5.41) is 0. The number of thiazole rings is 1. The normalized spacial score (nSPS) is 29.8. The van der Waals surface area contributed by atoms with E-state index in [2.05, 4.69) is 18.8 Å². The number of hydrogen-bond acceptors (Lipinski definition) is 3. The molecule has 2 N–H and O–H groups in total. The van der Waals surface area contributed by atoms with Crippen LogP contribution in [0.2, 0.25) is 0 Å². The van der Waals surface area contributed by atoms with Gasteiger partial charge in [-0.3, -0.25) is 0 Å². The van der Waals surface area contributed by atoms with Gasteiger partial charge < -0.3 is 5.73 Å². The van der Waals surface area contributed by atoms with Gasteiger partial charge in [-0.15, -0.1) is 11.3 Å². The monoisotopic (exact) mass is 238 g/mol. The summed E-state index contributed by atoms with van der Waals surface area (Å²) in [5.74, 6) is 0.868. The predicted octanol–water partition coefficient (Wildman–Crippen LogP) is 3.29. The first-order valence-electron chi connectivity index (χ1n) is 6.31. The fraction of sp³-hybridized carbons (Fsp3) is 0.769. The highest BCUT2D eigenvalue weighted by Gasteiger charge is 2.34. The number of aryl methyl sites for hydroxylation is 2. The Bertz CT molecular complexity index is 347. The molecule has 2 unspecified atom stereocenters. The van der Waals surface area contributed by atoms with E-state index in [1.54, 1.807) is 11.3 Å². The molecule has 2 atom stereocenters. The highest BCUT2D eigenvalue weighted by atomic mass is 32.1. The number of nitrogens with zero attached hydrogens (tertiary/aromatic N) is 1. The van der Waals surface area contributed by atoms with E-state index in [9.17, 15) is 0 Å². The first-order chi connectivity index (χ1) is 7.63. The molecule has 0 bridgehead atoms. The minimum absolute atomic E-state index is 0.108. The maximum absolute atomic E-state index is 6.48. The van der Waals surface area contributed by atoms with Crippen molar-refractivity contribution < 1.29 is 0 Å². The number of hydrogen-bond donors (Lipinski definition) is 1. The van der Waals surface area contributed by atoms with Crippen LogP contribution in [-0.2, 0) is 6.42 Å². The molecular weight excluding hydrogens is 216 g/mol. The molecular formula is C13H22N2S. The van der Waals surface area contributed by atoms with E-state index < -0.39 is 0 Å². The first kappa shape index (κ1) is 12.1. The van der Waals surface area contributed by atoms with E-state index >= 15 is 0 Å². The lowest BCUT2D eigenvalue weighted by Gasteiger charge is -2.24. The van der Waals surface area contributed by atoms with E-state index in [1.165, 1.54) is 36.3 Å². The van der Waals surface area contributed by atoms with Crippen LogP contribution >= 0.6 is 11.3 Å². The lowest BCUT2D eigenvalue weighted by Crippen LogP contribution is -2.37. The van der Waals surface area contributed by atoms with Gasteiger partial charge in [0.25, 0.3) is 0 Å². The molecule has 0 spiro atoms. The zero-order valence-electron chi connectivity index (χ0n) is 10.3. The van der Waals surface area contributed by atoms with Crippen molar-refractivity contribution in [3.8, 4) is 0 Å². The average Bonchev–Trinajstić information content (AvgIpc) is 2.83. The molecule has 0 radical (unpaired) electrons. The molecule has 0 aliphatic heterocycles. The van der Waals surface area contributed by atoms with Gasteiger partial charge in [-0.05, 0) is 44.9 Å². The van der Waals surface area contributed by atoms with E-state index in [0.717, 1.165) is 18.8 Å². The second-order valence-corrected chi connectivity index (χ2v) is 6.18. The Balaban J connectivity index is 1.88. The fourth-order valence-electron chi connectivity index (χ4n) is 2.77. The Morgan fingerprint density at radius 1 is 1.62 bits per heavy atom. The molecule has 90 valence electrons. The van der Waals surface area contributed by atoms with Gasteiger partial charge >= 0.3 is 0 Å². The van der Waals surface area contributed by atoms with Crippen LogP contribution in [-0.4, -0.2) is 10.5 Å². The van der Waals surface area contributed by atoms with Gasteiger partial charge in [0.15, 0.2) is 0 Å². The SMILES string of the molecule is CCC1CCC(N)(CCc2scnc2C)C1. The van der Waals surface area contributed by atoms with E-state index in [0.29, 0.717) is 0 Å². The van der Waals surface area contributed by atoms with Crippen LogP contribution in [0.5, 0.6) is 0 Å². The maximum atomic E-state index is 6.48. The van der Waals surface area contributed by atoms with Crippen molar-refractivity contribution in [2.45, 2.75) is 57.9 Å². The molecule has 3 heteroatoms. The summed E-state index contributed by atoms with van der Waals surface area (Å²) in [6.07, 6.45) is 7.30. The Kier molecular flexibility index (Phi) is 3.65. The van der Waals surface area contributed by atoms with Crippen molar-refractivity contribution >= 4 is 11.3 Å². The van der Waals surface area contributed by atoms with Crippen LogP contribution in [0.25, 0.3) is 0 Å². The van der Waals surface area contributed by atoms with E-state index in [4.69, 9.17) is 5.73 Å². The molecule has 1 aliphatic rings. The second kappa shape index (κ2) is 4.84. The van der Waals surface area contributed by atoms with Gasteiger partial charge in [-0.2, -0.15) is 0 Å². The summed E-state index contributed by atoms with van der Waals surface area (Å²) >= 11 is 1.77. The van der Waals surface area contributed by atoms with Gasteiger partial charge in [-0.25, -0.2) is 4.98 Å². The van der Waals surface area contributed by atoms with Crippen LogP contribution in [0.3, 0.4) is 0 Å². The van der Waals surface area contributed by atoms with E-state index in [1.807, 2.05) is 5.51 Å². The van der Waals surface area contributed by atoms with Crippen LogP contribution in [0.1, 0.15) is 49.6 Å². The van der Waals surface area contributed by atoms with Crippen molar-refractivity contribution in [3.63, 3.8) is 0 Å². The lowest BCUT2D eigenvalue weighted by molar-refractivity contribution is 0.383. The van der Waals surface area contributed by atoms with Crippen molar-refractivity contribution in [1.29, 1.82) is 0 Å². The standard InChI is InChI=1S/C13H22N2S/c1-3-11-4-6-13(14,8-11)7-5-12-10(2)15-9-16-12/h9,11H,3-8,14H2,1-2H3. The molecule has 0 amide bonds. The molecule has 1 aromatic rings. The number of aromatic nitrogens is 1. The van der Waals surface area contributed by atoms with Gasteiger partial charge in [0.1, 0.15) is 0 Å². The summed E-state index contributed by atoms with van der Waals surface area (Å²) in [6.45, 7) is 4.38. The molecule has 2 nitrogen and oxygen atoms in total. The number of nitrogens with two attached hydrogens (primary N) is 1. The Morgan fingerprint density at radius 3 is 3.00 bits per heavy atom. The topological polar surface area (TPSA) is 38.9 Å². The summed E-state index contributed by atoms with van der Waals surface area (Å²) in [4.78, 5) is 5.71. The van der Waals surface area contributed by atoms with Crippen molar-refractivity contribution in [2.75, 3.05) is 0 Å². The molecule has 1 fully saturated rings. The Labute approximate surface area is 102 Å². The van der Waals surface area contributed by atoms with Crippen LogP contribution < -0.4 is 5.73 Å². The van der Waals surface area contributed by atoms with Crippen molar-refractivity contribution in [1.82, 2.24) is 4.98 Å². The molecule has 2 rings (SSSR count). The molecule has 0 saturated heterocycles. The first-order valence-corrected chi connectivity index (χ1v) is 7.19. The summed E-state index contributed by atoms with van der Waals surface area (Å²) in [7, 11) is 0. The third kappa shape index (κ3) is 2.64. The molecule has 1 aromatic heterocycles. The molecule has 0 aromatic carbocycles. The molecule has 1 saturated carbocycles. The minimum Gasteiger partial charge on any atom is -0.325 e. The fourth-order valence-corrected chi connectivity index (χ4v) is 3.56. The molecule has 1 aliphatic carbocycles. The van der Waals surface area contributed by atoms with Gasteiger partial charge in [-0.1, -0.05) is 13.3 Å². The average molecular weight is 238 g/mol. The van der Waals surface area contributed by atoms with Gasteiger partial charge in [0, 0.05) is 10.4 Å². The minimum atomic E-state index is 0.108. The van der Waals surface area contributed by atoms with Crippen LogP contribution in [0, 0.1) is 12.8 Å². The Morgan fingerprint density at radius 2 is 2.44 bits per heavy atom. The second-order valence-electron chi connectivity index (χ2n) is 5.24. The highest BCUT2D eigenvalue weighted by Crippen LogP contribution is 2.37. The molecule has 16 heavy (non-hydrogen) atoms. The highest BCUT2D eigenvalue weighted by molar-refractivity contribution is 7.09. The zero-order valence-corrected chi connectivity index (χ0v) is 11.1. The molecule has 1 heterocycles. The van der Waals surface area contributed by atoms with Crippen molar-refractivity contribution in [2.24, 2.45) is 11.7 Å². The Hall–Kier alpha value is -0.410. The maximum Gasteiger partial charge on any atom is 0.0797 e. The summed E-state index contributed by atoms with van der Waals surface area (Å²) < 4.78 is 0. The third-order valence-electron chi connectivity index (χ3n) is 4.02. The van der Waals surface area contributed by atoms with Crippen LogP contribution in [0.15, 0.2) is 5.51 Å². The lowest BCUT2D eigenvalue weighted by atomic mass is 9.90.